The van der Waals surface area contributed by atoms with Crippen LogP contribution in [-0.2, 0) is 23.6 Å². The molecule has 0 saturated carbocycles. The second-order valence-corrected chi connectivity index (χ2v) is 23.4. The molecule has 7 rings (SSSR count). The summed E-state index contributed by atoms with van der Waals surface area (Å²) in [5, 5.41) is 5.02. The minimum atomic E-state index is -2.19. The molecule has 0 spiro atoms. The van der Waals surface area contributed by atoms with Gasteiger partial charge < -0.3 is 0 Å². The highest BCUT2D eigenvalue weighted by Crippen LogP contribution is 2.51. The fourth-order valence-corrected chi connectivity index (χ4v) is 18.3. The Morgan fingerprint density at radius 3 is 1.04 bits per heavy atom. The average molecular weight is 693 g/mol. The van der Waals surface area contributed by atoms with Gasteiger partial charge in [-0.2, -0.15) is 0 Å². The maximum atomic E-state index is 6.73. The van der Waals surface area contributed by atoms with E-state index in [0.717, 1.165) is 12.8 Å². The Kier molecular flexibility index (Phi) is 8.83. The smallest absolute Gasteiger partial charge is 0.0475 e. The number of thiophene rings is 2. The molecule has 0 aliphatic heterocycles. The molecule has 0 nitrogen and oxygen atoms in total. The molecule has 0 saturated heterocycles. The molecule has 0 amide bonds. The van der Waals surface area contributed by atoms with Crippen LogP contribution in [0, 0.1) is 13.8 Å². The van der Waals surface area contributed by atoms with Crippen molar-refractivity contribution >= 4 is 100.0 Å². The molecule has 0 unspecified atom stereocenters. The maximum absolute atomic E-state index is 6.73. The van der Waals surface area contributed by atoms with E-state index in [1.165, 1.54) is 68.9 Å². The van der Waals surface area contributed by atoms with E-state index in [-0.39, 0.29) is 0 Å². The van der Waals surface area contributed by atoms with E-state index < -0.39 is 12.1 Å². The maximum Gasteiger partial charge on any atom is 0.0475 e. The molecule has 0 bridgehead atoms. The number of hydrogen-bond donors (Lipinski definition) is 0. The summed E-state index contributed by atoms with van der Waals surface area (Å²) in [4.78, 5) is 2.74. The van der Waals surface area contributed by atoms with Crippen LogP contribution in [0.15, 0.2) is 133 Å². The van der Waals surface area contributed by atoms with E-state index >= 15 is 0 Å². The van der Waals surface area contributed by atoms with Gasteiger partial charge in [-0.25, -0.2) is 0 Å². The van der Waals surface area contributed by atoms with Gasteiger partial charge in [-0.15, -0.1) is 22.7 Å². The fraction of sp³-hybridized carbons (Fsp3) is 0.128. The Morgan fingerprint density at radius 2 is 0.756 bits per heavy atom. The standard InChI is InChI=1S/C39H34P2S4/c1-28-36(26-38(44-28)40(42,30-16-7-3-8-17-30)31-18-9-4-10-19-31)34-24-15-25-35(34)37-27-39(45-29(37)2)41(43,32-20-11-5-12-21-32)33-22-13-6-14-23-33/h3-14,16-23,26-27H,15,24-25H2,1-2H3. The van der Waals surface area contributed by atoms with Crippen molar-refractivity contribution < 1.29 is 0 Å². The first-order valence-corrected chi connectivity index (χ1v) is 22.5. The van der Waals surface area contributed by atoms with Gasteiger partial charge in [0.25, 0.3) is 0 Å². The Morgan fingerprint density at radius 1 is 0.467 bits per heavy atom. The summed E-state index contributed by atoms with van der Waals surface area (Å²) < 4.78 is 2.65. The van der Waals surface area contributed by atoms with Crippen molar-refractivity contribution in [3.8, 4) is 0 Å². The lowest BCUT2D eigenvalue weighted by Gasteiger charge is -2.22. The largest absolute Gasteiger partial charge is 0.139 e. The van der Waals surface area contributed by atoms with Crippen molar-refractivity contribution in [2.45, 2.75) is 33.1 Å². The predicted molar refractivity (Wildman–Crippen MR) is 211 cm³/mol. The number of allylic oxidation sites excluding steroid dienone is 2. The molecule has 45 heavy (non-hydrogen) atoms. The number of hydrogen-bond acceptors (Lipinski definition) is 4. The Balaban J connectivity index is 1.36. The molecular formula is C39H34P2S4. The Bertz CT molecular complexity index is 1850. The minimum Gasteiger partial charge on any atom is -0.139 e. The summed E-state index contributed by atoms with van der Waals surface area (Å²) >= 11 is 17.3. The fourth-order valence-electron chi connectivity index (χ4n) is 6.54. The van der Waals surface area contributed by atoms with Gasteiger partial charge in [-0.1, -0.05) is 145 Å². The normalized spacial score (nSPS) is 13.8. The van der Waals surface area contributed by atoms with Crippen LogP contribution in [0.2, 0.25) is 0 Å². The van der Waals surface area contributed by atoms with Crippen LogP contribution >= 0.6 is 34.7 Å². The van der Waals surface area contributed by atoms with Gasteiger partial charge in [0.15, 0.2) is 0 Å². The van der Waals surface area contributed by atoms with Crippen LogP contribution < -0.4 is 30.5 Å². The molecule has 1 aliphatic carbocycles. The quantitative estimate of drug-likeness (QED) is 0.146. The topological polar surface area (TPSA) is 0 Å². The number of aryl methyl sites for hydroxylation is 2. The van der Waals surface area contributed by atoms with E-state index in [0.29, 0.717) is 0 Å². The van der Waals surface area contributed by atoms with E-state index in [2.05, 4.69) is 147 Å². The van der Waals surface area contributed by atoms with E-state index in [1.54, 1.807) is 0 Å². The van der Waals surface area contributed by atoms with Crippen molar-refractivity contribution in [1.82, 2.24) is 0 Å². The minimum absolute atomic E-state index is 1.10. The van der Waals surface area contributed by atoms with Crippen LogP contribution in [0.4, 0.5) is 0 Å². The first-order valence-electron chi connectivity index (χ1n) is 15.3. The zero-order valence-electron chi connectivity index (χ0n) is 25.4. The first kappa shape index (κ1) is 30.9. The van der Waals surface area contributed by atoms with E-state index in [4.69, 9.17) is 23.6 Å². The van der Waals surface area contributed by atoms with Gasteiger partial charge >= 0.3 is 0 Å². The molecule has 0 fully saturated rings. The highest BCUT2D eigenvalue weighted by molar-refractivity contribution is 8.27. The van der Waals surface area contributed by atoms with Gasteiger partial charge in [0.1, 0.15) is 0 Å². The van der Waals surface area contributed by atoms with Gasteiger partial charge in [-0.3, -0.25) is 0 Å². The molecule has 2 heterocycles. The zero-order chi connectivity index (χ0) is 31.0. The molecule has 0 N–H and O–H groups in total. The van der Waals surface area contributed by atoms with Crippen LogP contribution in [0.25, 0.3) is 11.1 Å². The summed E-state index contributed by atoms with van der Waals surface area (Å²) in [7, 11) is 0. The summed E-state index contributed by atoms with van der Waals surface area (Å²) in [5.41, 5.74) is 5.78. The summed E-state index contributed by atoms with van der Waals surface area (Å²) in [6.07, 6.45) is 3.38. The van der Waals surface area contributed by atoms with Gasteiger partial charge in [-0.05, 0) is 88.7 Å². The Hall–Kier alpha value is -2.68. The van der Waals surface area contributed by atoms with Crippen molar-refractivity contribution in [3.05, 3.63) is 154 Å². The predicted octanol–water partition coefficient (Wildman–Crippen LogP) is 9.03. The third kappa shape index (κ3) is 5.55. The lowest BCUT2D eigenvalue weighted by Crippen LogP contribution is -2.22. The highest BCUT2D eigenvalue weighted by atomic mass is 32.4. The highest BCUT2D eigenvalue weighted by Gasteiger charge is 2.32. The molecule has 2 aromatic heterocycles. The van der Waals surface area contributed by atoms with Crippen LogP contribution in [-0.4, -0.2) is 0 Å². The SMILES string of the molecule is Cc1sc(P(=S)(c2ccccc2)c2ccccc2)cc1C1=C(c2cc(P(=S)(c3ccccc3)c3ccccc3)sc2C)CCC1. The van der Waals surface area contributed by atoms with Gasteiger partial charge in [0.2, 0.25) is 0 Å². The molecular weight excluding hydrogens is 659 g/mol. The number of rotatable bonds is 8. The van der Waals surface area contributed by atoms with E-state index in [1.807, 2.05) is 22.7 Å². The van der Waals surface area contributed by atoms with Gasteiger partial charge in [0, 0.05) is 31.1 Å². The van der Waals surface area contributed by atoms with E-state index in [9.17, 15) is 0 Å². The van der Waals surface area contributed by atoms with Crippen LogP contribution in [0.1, 0.15) is 40.1 Å². The number of benzene rings is 4. The van der Waals surface area contributed by atoms with Crippen molar-refractivity contribution in [3.63, 3.8) is 0 Å². The van der Waals surface area contributed by atoms with Crippen LogP contribution in [0.3, 0.4) is 0 Å². The van der Waals surface area contributed by atoms with Gasteiger partial charge in [0.05, 0.1) is 0 Å². The molecule has 4 aromatic carbocycles. The summed E-state index contributed by atoms with van der Waals surface area (Å²) in [5.74, 6) is 0. The third-order valence-corrected chi connectivity index (χ3v) is 22.7. The lowest BCUT2D eigenvalue weighted by atomic mass is 9.98. The summed E-state index contributed by atoms with van der Waals surface area (Å²) in [6, 6.07) is 43.7. The molecule has 0 atom stereocenters. The lowest BCUT2D eigenvalue weighted by molar-refractivity contribution is 0.941. The second kappa shape index (κ2) is 12.8. The molecule has 6 heteroatoms. The molecule has 6 aromatic rings. The second-order valence-electron chi connectivity index (χ2n) is 11.5. The molecule has 0 radical (unpaired) electrons. The monoisotopic (exact) mass is 692 g/mol. The third-order valence-electron chi connectivity index (χ3n) is 8.78. The van der Waals surface area contributed by atoms with Crippen molar-refractivity contribution in [2.75, 3.05) is 0 Å². The van der Waals surface area contributed by atoms with Crippen molar-refractivity contribution in [1.29, 1.82) is 0 Å². The Labute approximate surface area is 285 Å². The zero-order valence-corrected chi connectivity index (χ0v) is 30.4. The summed E-state index contributed by atoms with van der Waals surface area (Å²) in [6.45, 7) is 4.58. The van der Waals surface area contributed by atoms with Crippen LogP contribution in [0.5, 0.6) is 0 Å². The molecule has 224 valence electrons. The van der Waals surface area contributed by atoms with Crippen molar-refractivity contribution in [2.24, 2.45) is 0 Å². The average Bonchev–Trinajstić information content (AvgIpc) is 3.84. The molecule has 1 aliphatic rings. The first-order chi connectivity index (χ1) is 21.9.